The van der Waals surface area contributed by atoms with Crippen molar-refractivity contribution in [2.45, 2.75) is 84.9 Å². The van der Waals surface area contributed by atoms with Crippen molar-refractivity contribution in [3.63, 3.8) is 0 Å². The number of rotatable bonds is 8. The van der Waals surface area contributed by atoms with Gasteiger partial charge in [-0.15, -0.1) is 0 Å². The van der Waals surface area contributed by atoms with Crippen molar-refractivity contribution in [2.24, 2.45) is 11.8 Å². The quantitative estimate of drug-likeness (QED) is 0.157. The van der Waals surface area contributed by atoms with Gasteiger partial charge in [0.05, 0.1) is 0 Å². The summed E-state index contributed by atoms with van der Waals surface area (Å²) in [4.78, 5) is 0. The van der Waals surface area contributed by atoms with Crippen molar-refractivity contribution in [3.8, 4) is 22.3 Å². The van der Waals surface area contributed by atoms with E-state index in [1.165, 1.54) is 68.5 Å². The Balaban J connectivity index is 1.62. The van der Waals surface area contributed by atoms with Crippen LogP contribution in [0.1, 0.15) is 92.4 Å². The number of fused-ring (bicyclic) bond motifs is 2. The fourth-order valence-corrected chi connectivity index (χ4v) is 34.9. The van der Waals surface area contributed by atoms with E-state index in [1.54, 1.807) is 11.1 Å². The van der Waals surface area contributed by atoms with Gasteiger partial charge in [-0.1, -0.05) is 0 Å². The number of allylic oxidation sites excluding steroid dienone is 2. The maximum atomic E-state index is 2.85. The predicted octanol–water partition coefficient (Wildman–Crippen LogP) is 13.1. The van der Waals surface area contributed by atoms with Crippen LogP contribution in [0.25, 0.3) is 34.4 Å². The molecule has 2 atom stereocenters. The van der Waals surface area contributed by atoms with Crippen LogP contribution in [0.4, 0.5) is 0 Å². The van der Waals surface area contributed by atoms with Gasteiger partial charge in [0.2, 0.25) is 0 Å². The Morgan fingerprint density at radius 1 is 0.543 bits per heavy atom. The molecule has 4 aromatic carbocycles. The van der Waals surface area contributed by atoms with E-state index in [0.29, 0.717) is 19.2 Å². The molecule has 46 heavy (non-hydrogen) atoms. The van der Waals surface area contributed by atoms with Gasteiger partial charge in [-0.2, -0.15) is 0 Å². The third-order valence-electron chi connectivity index (χ3n) is 12.0. The first-order valence-electron chi connectivity index (χ1n) is 17.6. The molecule has 6 rings (SSSR count). The second-order valence-electron chi connectivity index (χ2n) is 16.2. The van der Waals surface area contributed by atoms with E-state index in [9.17, 15) is 0 Å². The number of aryl methyl sites for hydroxylation is 2. The van der Waals surface area contributed by atoms with Crippen molar-refractivity contribution in [1.82, 2.24) is 0 Å². The van der Waals surface area contributed by atoms with Crippen LogP contribution in [-0.4, -0.2) is 3.26 Å². The Hall–Kier alpha value is -2.90. The summed E-state index contributed by atoms with van der Waals surface area (Å²) < 4.78 is 8.55. The average molecular weight is 773 g/mol. The van der Waals surface area contributed by atoms with Gasteiger partial charge in [0.25, 0.3) is 0 Å². The van der Waals surface area contributed by atoms with E-state index in [0.717, 1.165) is 0 Å². The molecule has 238 valence electrons. The minimum atomic E-state index is -4.17. The molecule has 0 fully saturated rings. The normalized spacial score (nSPS) is 17.2. The van der Waals surface area contributed by atoms with Crippen molar-refractivity contribution >= 4 is 15.4 Å². The summed E-state index contributed by atoms with van der Waals surface area (Å²) in [5.41, 5.74) is 17.1. The van der Waals surface area contributed by atoms with Crippen LogP contribution in [0.3, 0.4) is 0 Å². The zero-order chi connectivity index (χ0) is 33.0. The Kier molecular flexibility index (Phi) is 8.81. The molecule has 0 saturated carbocycles. The Labute approximate surface area is 280 Å². The van der Waals surface area contributed by atoms with Gasteiger partial charge in [0, 0.05) is 0 Å². The third kappa shape index (κ3) is 5.35. The topological polar surface area (TPSA) is 0 Å². The first-order chi connectivity index (χ1) is 21.8. The summed E-state index contributed by atoms with van der Waals surface area (Å²) in [6.45, 7) is 18.8. The molecule has 4 aromatic rings. The van der Waals surface area contributed by atoms with Gasteiger partial charge in [-0.25, -0.2) is 0 Å². The molecule has 0 saturated heterocycles. The van der Waals surface area contributed by atoms with Gasteiger partial charge in [0.1, 0.15) is 0 Å². The first kappa shape index (κ1) is 33.0. The fraction of sp³-hybridized carbons (Fsp3) is 0.356. The molecule has 2 aliphatic carbocycles. The second-order valence-corrected chi connectivity index (χ2v) is 42.0. The van der Waals surface area contributed by atoms with E-state index in [2.05, 4.69) is 162 Å². The van der Waals surface area contributed by atoms with Crippen LogP contribution >= 0.6 is 0 Å². The molecule has 2 aliphatic rings. The summed E-state index contributed by atoms with van der Waals surface area (Å²) in [6, 6.07) is 27.9. The molecule has 0 aliphatic heterocycles. The molecule has 0 bridgehead atoms. The Bertz CT molecular complexity index is 1820. The van der Waals surface area contributed by atoms with Crippen LogP contribution in [0.15, 0.2) is 84.9 Å². The number of hydrogen-bond donors (Lipinski definition) is 0. The van der Waals surface area contributed by atoms with Gasteiger partial charge in [-0.3, -0.25) is 0 Å². The van der Waals surface area contributed by atoms with Gasteiger partial charge < -0.3 is 0 Å². The summed E-state index contributed by atoms with van der Waals surface area (Å²) in [6.07, 6.45) is 12.8. The molecular weight excluding hydrogens is 719 g/mol. The van der Waals surface area contributed by atoms with Crippen LogP contribution in [0.5, 0.6) is 0 Å². The van der Waals surface area contributed by atoms with Crippen molar-refractivity contribution in [2.75, 3.05) is 0 Å². The Morgan fingerprint density at radius 3 is 1.30 bits per heavy atom. The molecule has 0 heterocycles. The van der Waals surface area contributed by atoms with E-state index in [1.807, 2.05) is 3.26 Å². The van der Waals surface area contributed by atoms with Crippen molar-refractivity contribution in [1.29, 1.82) is 0 Å². The molecule has 1 heteroatoms. The number of benzene rings is 4. The third-order valence-corrected chi connectivity index (χ3v) is 38.8. The molecule has 0 radical (unpaired) electrons. The van der Waals surface area contributed by atoms with Crippen LogP contribution in [0, 0.1) is 39.5 Å². The fourth-order valence-electron chi connectivity index (χ4n) is 9.12. The van der Waals surface area contributed by atoms with Gasteiger partial charge >= 0.3 is 282 Å². The van der Waals surface area contributed by atoms with Crippen LogP contribution in [-0.2, 0) is 18.0 Å². The summed E-state index contributed by atoms with van der Waals surface area (Å²) in [7, 11) is 0. The minimum absolute atomic E-state index is 0.467. The summed E-state index contributed by atoms with van der Waals surface area (Å²) in [5, 5.41) is 0. The second kappa shape index (κ2) is 12.3. The van der Waals surface area contributed by atoms with Crippen molar-refractivity contribution in [3.05, 3.63) is 129 Å². The zero-order valence-corrected chi connectivity index (χ0v) is 33.6. The van der Waals surface area contributed by atoms with Gasteiger partial charge in [0.15, 0.2) is 0 Å². The average Bonchev–Trinajstić information content (AvgIpc) is 3.66. The molecule has 0 aromatic heterocycles. The standard InChI is InChI=1S/2C17H15.C9H18.2CH3.Hf/c2*1-12-6-3-9-15(13(12)2)17-11-5-8-14-7-4-10-16(14)17;1-8(2)6-5-7-9(3)4;;;/h2*3-11H,1-2H3;8-9H,6-7H2,1-4H3;2*1H3;. The zero-order valence-electron chi connectivity index (χ0n) is 30.0. The van der Waals surface area contributed by atoms with E-state index in [4.69, 9.17) is 0 Å². The summed E-state index contributed by atoms with van der Waals surface area (Å²) >= 11 is -4.17. The molecule has 2 unspecified atom stereocenters. The van der Waals surface area contributed by atoms with E-state index < -0.39 is 18.0 Å². The molecule has 0 N–H and O–H groups in total. The van der Waals surface area contributed by atoms with Crippen LogP contribution in [0.2, 0.25) is 9.36 Å². The number of hydrogen-bond acceptors (Lipinski definition) is 0. The Morgan fingerprint density at radius 2 is 0.913 bits per heavy atom. The maximum absolute atomic E-state index is 4.17. The summed E-state index contributed by atoms with van der Waals surface area (Å²) in [5.74, 6) is 1.28. The molecule has 0 amide bonds. The molecular formula is C45H54Hf. The van der Waals surface area contributed by atoms with E-state index >= 15 is 0 Å². The van der Waals surface area contributed by atoms with Crippen LogP contribution < -0.4 is 0 Å². The SMILES string of the molecule is Cc1cccc(-c2cccc3c2C=C[CH]3[Hf]([CH3])([CH3])(=[C](CC(C)C)CC(C)C)[CH]2C=Cc3c(-c4cccc(C)c4C)cccc32)c1C. The van der Waals surface area contributed by atoms with Crippen molar-refractivity contribution < 1.29 is 18.0 Å². The predicted molar refractivity (Wildman–Crippen MR) is 202 cm³/mol. The van der Waals surface area contributed by atoms with Gasteiger partial charge in [-0.05, 0) is 0 Å². The first-order valence-corrected chi connectivity index (χ1v) is 30.8. The molecule has 0 nitrogen and oxygen atoms in total. The monoisotopic (exact) mass is 774 g/mol. The van der Waals surface area contributed by atoms with E-state index in [-0.39, 0.29) is 0 Å². The molecule has 0 spiro atoms.